The number of benzene rings is 3. The van der Waals surface area contributed by atoms with Gasteiger partial charge in [0.2, 0.25) is 0 Å². The van der Waals surface area contributed by atoms with E-state index in [1.807, 2.05) is 17.0 Å². The number of anilines is 1. The third kappa shape index (κ3) is 2.69. The number of amides is 3. The van der Waals surface area contributed by atoms with Crippen LogP contribution in [0.2, 0.25) is 0 Å². The number of carbonyl (C=O) groups excluding carboxylic acids is 3. The summed E-state index contributed by atoms with van der Waals surface area (Å²) in [4.78, 5) is 41.9. The summed E-state index contributed by atoms with van der Waals surface area (Å²) in [6.45, 7) is 1.85. The van der Waals surface area contributed by atoms with Crippen LogP contribution in [0, 0.1) is 0 Å². The first-order chi connectivity index (χ1) is 15.6. The topological polar surface area (TPSA) is 62.6 Å². The molecule has 6 heteroatoms. The standard InChI is InChI=1S/C26H19N3O3/c30-24(27-12-13-28-20(16-27)14-17-6-1-4-11-23(17)28)18-7-5-8-19(15-18)29-25(31)21-9-2-3-10-22(21)26(29)32/h1-11,14-15H,12-13,16H2. The van der Waals surface area contributed by atoms with Gasteiger partial charge in [-0.2, -0.15) is 0 Å². The van der Waals surface area contributed by atoms with Gasteiger partial charge in [-0.1, -0.05) is 36.4 Å². The third-order valence-corrected chi connectivity index (χ3v) is 6.28. The van der Waals surface area contributed by atoms with Crippen molar-refractivity contribution >= 4 is 34.3 Å². The van der Waals surface area contributed by atoms with Crippen molar-refractivity contribution in [2.75, 3.05) is 11.4 Å². The summed E-state index contributed by atoms with van der Waals surface area (Å²) in [7, 11) is 0. The van der Waals surface area contributed by atoms with Crippen LogP contribution in [0.15, 0.2) is 78.9 Å². The Kier molecular flexibility index (Phi) is 4.01. The molecule has 0 unspecified atom stereocenters. The van der Waals surface area contributed by atoms with Gasteiger partial charge < -0.3 is 9.47 Å². The summed E-state index contributed by atoms with van der Waals surface area (Å²) in [5.41, 5.74) is 3.93. The zero-order chi connectivity index (χ0) is 21.8. The number of fused-ring (bicyclic) bond motifs is 4. The van der Waals surface area contributed by atoms with E-state index in [0.717, 1.165) is 17.1 Å². The van der Waals surface area contributed by atoms with Crippen molar-refractivity contribution in [2.24, 2.45) is 0 Å². The van der Waals surface area contributed by atoms with E-state index in [4.69, 9.17) is 0 Å². The lowest BCUT2D eigenvalue weighted by Gasteiger charge is -2.29. The Labute approximate surface area is 184 Å². The molecule has 0 radical (unpaired) electrons. The van der Waals surface area contributed by atoms with E-state index in [0.29, 0.717) is 35.5 Å². The van der Waals surface area contributed by atoms with E-state index in [2.05, 4.69) is 22.8 Å². The fourth-order valence-electron chi connectivity index (χ4n) is 4.72. The summed E-state index contributed by atoms with van der Waals surface area (Å²) < 4.78 is 2.26. The molecule has 0 atom stereocenters. The minimum atomic E-state index is -0.363. The lowest BCUT2D eigenvalue weighted by molar-refractivity contribution is 0.0711. The van der Waals surface area contributed by atoms with Crippen LogP contribution < -0.4 is 4.90 Å². The number of rotatable bonds is 2. The van der Waals surface area contributed by atoms with Gasteiger partial charge in [0.25, 0.3) is 17.7 Å². The molecule has 3 heterocycles. The minimum absolute atomic E-state index is 0.111. The molecule has 2 aliphatic heterocycles. The highest BCUT2D eigenvalue weighted by atomic mass is 16.2. The molecule has 2 aliphatic rings. The monoisotopic (exact) mass is 421 g/mol. The zero-order valence-corrected chi connectivity index (χ0v) is 17.2. The number of imide groups is 1. The van der Waals surface area contributed by atoms with Gasteiger partial charge in [0, 0.05) is 29.9 Å². The van der Waals surface area contributed by atoms with Crippen LogP contribution in [-0.2, 0) is 13.1 Å². The van der Waals surface area contributed by atoms with Crippen LogP contribution in [0.3, 0.4) is 0 Å². The summed E-state index contributed by atoms with van der Waals surface area (Å²) in [6, 6.07) is 23.9. The second kappa shape index (κ2) is 6.92. The average Bonchev–Trinajstić information content (AvgIpc) is 3.33. The molecule has 3 aromatic carbocycles. The zero-order valence-electron chi connectivity index (χ0n) is 17.2. The van der Waals surface area contributed by atoms with Crippen molar-refractivity contribution in [3.8, 4) is 0 Å². The van der Waals surface area contributed by atoms with Gasteiger partial charge in [-0.3, -0.25) is 14.4 Å². The Hall–Kier alpha value is -4.19. The maximum atomic E-state index is 13.3. The predicted octanol–water partition coefficient (Wildman–Crippen LogP) is 4.10. The molecule has 0 fully saturated rings. The van der Waals surface area contributed by atoms with Crippen LogP contribution in [0.4, 0.5) is 5.69 Å². The van der Waals surface area contributed by atoms with Gasteiger partial charge >= 0.3 is 0 Å². The number of para-hydroxylation sites is 1. The first-order valence-corrected chi connectivity index (χ1v) is 10.6. The van der Waals surface area contributed by atoms with Crippen molar-refractivity contribution < 1.29 is 14.4 Å². The van der Waals surface area contributed by atoms with Gasteiger partial charge in [0.15, 0.2) is 0 Å². The van der Waals surface area contributed by atoms with Crippen LogP contribution >= 0.6 is 0 Å². The molecule has 0 aliphatic carbocycles. The van der Waals surface area contributed by atoms with E-state index in [1.54, 1.807) is 48.5 Å². The highest BCUT2D eigenvalue weighted by Crippen LogP contribution is 2.30. The molecule has 32 heavy (non-hydrogen) atoms. The molecular weight excluding hydrogens is 402 g/mol. The third-order valence-electron chi connectivity index (χ3n) is 6.28. The van der Waals surface area contributed by atoms with Gasteiger partial charge in [-0.15, -0.1) is 0 Å². The van der Waals surface area contributed by atoms with Crippen molar-refractivity contribution in [3.05, 3.63) is 101 Å². The van der Waals surface area contributed by atoms with Crippen LogP contribution in [0.5, 0.6) is 0 Å². The lowest BCUT2D eigenvalue weighted by Crippen LogP contribution is -2.38. The number of aromatic nitrogens is 1. The first kappa shape index (κ1) is 18.6. The van der Waals surface area contributed by atoms with E-state index < -0.39 is 0 Å². The fourth-order valence-corrected chi connectivity index (χ4v) is 4.72. The fraction of sp³-hybridized carbons (Fsp3) is 0.115. The number of nitrogens with zero attached hydrogens (tertiary/aromatic N) is 3. The highest BCUT2D eigenvalue weighted by molar-refractivity contribution is 6.34. The predicted molar refractivity (Wildman–Crippen MR) is 121 cm³/mol. The molecule has 1 aromatic heterocycles. The van der Waals surface area contributed by atoms with Crippen molar-refractivity contribution in [1.29, 1.82) is 0 Å². The van der Waals surface area contributed by atoms with Crippen molar-refractivity contribution in [3.63, 3.8) is 0 Å². The molecule has 0 saturated carbocycles. The number of hydrogen-bond acceptors (Lipinski definition) is 3. The normalized spacial score (nSPS) is 15.2. The SMILES string of the molecule is O=C(c1cccc(N2C(=O)c3ccccc3C2=O)c1)N1CCn2c(cc3ccccc32)C1. The quantitative estimate of drug-likeness (QED) is 0.458. The Bertz CT molecular complexity index is 1400. The Balaban J connectivity index is 1.29. The smallest absolute Gasteiger partial charge is 0.266 e. The molecule has 0 saturated heterocycles. The molecule has 3 amide bonds. The average molecular weight is 421 g/mol. The highest BCUT2D eigenvalue weighted by Gasteiger charge is 2.36. The molecule has 4 aromatic rings. The van der Waals surface area contributed by atoms with E-state index >= 15 is 0 Å². The molecular formula is C26H19N3O3. The Morgan fingerprint density at radius 2 is 1.47 bits per heavy atom. The van der Waals surface area contributed by atoms with Crippen molar-refractivity contribution in [1.82, 2.24) is 9.47 Å². The van der Waals surface area contributed by atoms with Crippen molar-refractivity contribution in [2.45, 2.75) is 13.1 Å². The van der Waals surface area contributed by atoms with Crippen LogP contribution in [0.25, 0.3) is 10.9 Å². The van der Waals surface area contributed by atoms with Gasteiger partial charge in [-0.25, -0.2) is 4.90 Å². The summed E-state index contributed by atoms with van der Waals surface area (Å²) in [5.74, 6) is -0.838. The first-order valence-electron chi connectivity index (χ1n) is 10.6. The van der Waals surface area contributed by atoms with Crippen LogP contribution in [-0.4, -0.2) is 33.7 Å². The minimum Gasteiger partial charge on any atom is -0.341 e. The molecule has 0 spiro atoms. The van der Waals surface area contributed by atoms with Gasteiger partial charge in [0.05, 0.1) is 23.4 Å². The number of carbonyl (C=O) groups is 3. The Morgan fingerprint density at radius 1 is 0.750 bits per heavy atom. The molecule has 6 rings (SSSR count). The molecule has 6 nitrogen and oxygen atoms in total. The van der Waals surface area contributed by atoms with Crippen LogP contribution in [0.1, 0.15) is 36.8 Å². The van der Waals surface area contributed by atoms with E-state index in [1.165, 1.54) is 10.9 Å². The summed E-state index contributed by atoms with van der Waals surface area (Å²) >= 11 is 0. The lowest BCUT2D eigenvalue weighted by atomic mass is 10.1. The molecule has 0 N–H and O–H groups in total. The Morgan fingerprint density at radius 3 is 2.25 bits per heavy atom. The molecule has 156 valence electrons. The maximum absolute atomic E-state index is 13.3. The summed E-state index contributed by atoms with van der Waals surface area (Å²) in [6.07, 6.45) is 0. The molecule has 0 bridgehead atoms. The second-order valence-corrected chi connectivity index (χ2v) is 8.11. The second-order valence-electron chi connectivity index (χ2n) is 8.11. The van der Waals surface area contributed by atoms with Gasteiger partial charge in [0.1, 0.15) is 0 Å². The maximum Gasteiger partial charge on any atom is 0.266 e. The van der Waals surface area contributed by atoms with E-state index in [9.17, 15) is 14.4 Å². The number of hydrogen-bond donors (Lipinski definition) is 0. The summed E-state index contributed by atoms with van der Waals surface area (Å²) in [5, 5.41) is 1.17. The largest absolute Gasteiger partial charge is 0.341 e. The van der Waals surface area contributed by atoms with Gasteiger partial charge in [-0.05, 0) is 47.9 Å². The van der Waals surface area contributed by atoms with E-state index in [-0.39, 0.29) is 17.7 Å².